The maximum atomic E-state index is 11.1. The monoisotopic (exact) mass is 347 g/mol. The topological polar surface area (TPSA) is 68.1 Å². The van der Waals surface area contributed by atoms with Crippen molar-refractivity contribution in [3.8, 4) is 5.75 Å². The van der Waals surface area contributed by atoms with E-state index < -0.39 is 0 Å². The zero-order chi connectivity index (χ0) is 17.4. The summed E-state index contributed by atoms with van der Waals surface area (Å²) in [5.41, 5.74) is 0.665. The molecule has 0 radical (unpaired) electrons. The van der Waals surface area contributed by atoms with Crippen LogP contribution in [0.2, 0.25) is 0 Å². The third kappa shape index (κ3) is 5.16. The molecule has 5 nitrogen and oxygen atoms in total. The van der Waals surface area contributed by atoms with Gasteiger partial charge in [-0.25, -0.2) is 0 Å². The molecule has 2 rings (SSSR count). The Balaban J connectivity index is 1.92. The highest BCUT2D eigenvalue weighted by Crippen LogP contribution is 2.26. The molecule has 6 heteroatoms. The van der Waals surface area contributed by atoms with Crippen LogP contribution < -0.4 is 4.74 Å². The lowest BCUT2D eigenvalue weighted by atomic mass is 10.1. The van der Waals surface area contributed by atoms with Gasteiger partial charge in [0, 0.05) is 17.1 Å². The van der Waals surface area contributed by atoms with E-state index in [4.69, 9.17) is 9.94 Å². The van der Waals surface area contributed by atoms with E-state index in [0.29, 0.717) is 30.7 Å². The van der Waals surface area contributed by atoms with Gasteiger partial charge in [-0.15, -0.1) is 11.8 Å². The second-order valence-electron chi connectivity index (χ2n) is 5.26. The number of carbonyl (C=O) groups is 1. The van der Waals surface area contributed by atoms with Gasteiger partial charge in [0.2, 0.25) is 0 Å². The van der Waals surface area contributed by atoms with E-state index in [-0.39, 0.29) is 5.97 Å². The standard InChI is InChI=1S/C18H21NO4S/c1-22-16-8-6-14-11-17(9-7-13(14)10-16)24-12-15(19-21)4-3-5-18(20)23-2/h6-11,21H,3-5,12H2,1-2H3. The number of carbonyl (C=O) groups excluding carboxylic acids is 1. The highest BCUT2D eigenvalue weighted by molar-refractivity contribution is 8.00. The number of esters is 1. The molecule has 0 heterocycles. The van der Waals surface area contributed by atoms with Crippen molar-refractivity contribution in [3.05, 3.63) is 36.4 Å². The van der Waals surface area contributed by atoms with Gasteiger partial charge in [-0.2, -0.15) is 0 Å². The van der Waals surface area contributed by atoms with Crippen LogP contribution >= 0.6 is 11.8 Å². The van der Waals surface area contributed by atoms with Gasteiger partial charge in [-0.3, -0.25) is 4.79 Å². The van der Waals surface area contributed by atoms with E-state index in [0.717, 1.165) is 21.4 Å². The Morgan fingerprint density at radius 2 is 1.88 bits per heavy atom. The first-order chi connectivity index (χ1) is 11.7. The molecule has 0 unspecified atom stereocenters. The van der Waals surface area contributed by atoms with Gasteiger partial charge in [0.25, 0.3) is 0 Å². The lowest BCUT2D eigenvalue weighted by Gasteiger charge is -2.07. The minimum atomic E-state index is -0.245. The number of ether oxygens (including phenoxy) is 2. The van der Waals surface area contributed by atoms with E-state index in [1.54, 1.807) is 18.9 Å². The molecule has 0 bridgehead atoms. The number of benzene rings is 2. The summed E-state index contributed by atoms with van der Waals surface area (Å²) in [5.74, 6) is 1.17. The second kappa shape index (κ2) is 9.17. The van der Waals surface area contributed by atoms with Crippen LogP contribution in [0.15, 0.2) is 46.4 Å². The summed E-state index contributed by atoms with van der Waals surface area (Å²) < 4.78 is 9.82. The molecule has 0 aromatic heterocycles. The third-order valence-corrected chi connectivity index (χ3v) is 4.70. The Labute approximate surface area is 145 Å². The lowest BCUT2D eigenvalue weighted by Crippen LogP contribution is -2.05. The minimum absolute atomic E-state index is 0.245. The van der Waals surface area contributed by atoms with Crippen molar-refractivity contribution >= 4 is 34.2 Å². The van der Waals surface area contributed by atoms with Crippen molar-refractivity contribution in [1.29, 1.82) is 0 Å². The molecular weight excluding hydrogens is 326 g/mol. The lowest BCUT2D eigenvalue weighted by molar-refractivity contribution is -0.140. The summed E-state index contributed by atoms with van der Waals surface area (Å²) in [6, 6.07) is 12.1. The number of rotatable bonds is 8. The summed E-state index contributed by atoms with van der Waals surface area (Å²) in [7, 11) is 3.02. The third-order valence-electron chi connectivity index (χ3n) is 3.64. The fourth-order valence-corrected chi connectivity index (χ4v) is 3.19. The molecule has 0 atom stereocenters. The highest BCUT2D eigenvalue weighted by Gasteiger charge is 2.06. The van der Waals surface area contributed by atoms with E-state index in [1.807, 2.05) is 30.3 Å². The summed E-state index contributed by atoms with van der Waals surface area (Å²) in [6.07, 6.45) is 1.52. The maximum Gasteiger partial charge on any atom is 0.305 e. The van der Waals surface area contributed by atoms with Gasteiger partial charge in [-0.05, 0) is 47.9 Å². The zero-order valence-electron chi connectivity index (χ0n) is 13.8. The van der Waals surface area contributed by atoms with Gasteiger partial charge in [0.05, 0.1) is 19.9 Å². The summed E-state index contributed by atoms with van der Waals surface area (Å²) in [6.45, 7) is 0. The normalized spacial score (nSPS) is 11.5. The molecule has 2 aromatic rings. The van der Waals surface area contributed by atoms with Crippen molar-refractivity contribution in [2.24, 2.45) is 5.16 Å². The SMILES string of the molecule is COC(=O)CCCC(CSc1ccc2cc(OC)ccc2c1)=NO. The van der Waals surface area contributed by atoms with Gasteiger partial charge >= 0.3 is 5.97 Å². The zero-order valence-corrected chi connectivity index (χ0v) is 14.6. The molecule has 0 saturated heterocycles. The molecule has 0 spiro atoms. The van der Waals surface area contributed by atoms with Crippen LogP contribution in [0.1, 0.15) is 19.3 Å². The number of nitrogens with zero attached hydrogens (tertiary/aromatic N) is 1. The number of methoxy groups -OCH3 is 2. The smallest absolute Gasteiger partial charge is 0.305 e. The van der Waals surface area contributed by atoms with Gasteiger partial charge in [0.15, 0.2) is 0 Å². The molecule has 128 valence electrons. The van der Waals surface area contributed by atoms with Gasteiger partial charge in [0.1, 0.15) is 5.75 Å². The number of fused-ring (bicyclic) bond motifs is 1. The van der Waals surface area contributed by atoms with Crippen LogP contribution in [-0.2, 0) is 9.53 Å². The quantitative estimate of drug-likeness (QED) is 0.256. The Kier molecular flexibility index (Phi) is 6.93. The average molecular weight is 347 g/mol. The number of hydrogen-bond donors (Lipinski definition) is 1. The van der Waals surface area contributed by atoms with Crippen molar-refractivity contribution in [2.45, 2.75) is 24.2 Å². The largest absolute Gasteiger partial charge is 0.497 e. The predicted molar refractivity (Wildman–Crippen MR) is 96.3 cm³/mol. The Morgan fingerprint density at radius 1 is 1.12 bits per heavy atom. The van der Waals surface area contributed by atoms with Crippen molar-refractivity contribution < 1.29 is 19.5 Å². The fourth-order valence-electron chi connectivity index (χ4n) is 2.28. The first-order valence-corrected chi connectivity index (χ1v) is 8.62. The fraction of sp³-hybridized carbons (Fsp3) is 0.333. The summed E-state index contributed by atoms with van der Waals surface area (Å²) in [5, 5.41) is 14.7. The van der Waals surface area contributed by atoms with Crippen molar-refractivity contribution in [1.82, 2.24) is 0 Å². The minimum Gasteiger partial charge on any atom is -0.497 e. The van der Waals surface area contributed by atoms with E-state index in [1.165, 1.54) is 7.11 Å². The van der Waals surface area contributed by atoms with Crippen molar-refractivity contribution in [3.63, 3.8) is 0 Å². The molecule has 2 aromatic carbocycles. The van der Waals surface area contributed by atoms with E-state index >= 15 is 0 Å². The maximum absolute atomic E-state index is 11.1. The Morgan fingerprint density at radius 3 is 2.58 bits per heavy atom. The van der Waals surface area contributed by atoms with Crippen LogP contribution in [0.25, 0.3) is 10.8 Å². The van der Waals surface area contributed by atoms with Gasteiger partial charge < -0.3 is 14.7 Å². The Bertz CT molecular complexity index is 730. The molecule has 0 aliphatic heterocycles. The van der Waals surface area contributed by atoms with E-state index in [2.05, 4.69) is 16.0 Å². The predicted octanol–water partition coefficient (Wildman–Crippen LogP) is 4.11. The van der Waals surface area contributed by atoms with Crippen LogP contribution in [0.4, 0.5) is 0 Å². The molecule has 24 heavy (non-hydrogen) atoms. The molecule has 0 amide bonds. The second-order valence-corrected chi connectivity index (χ2v) is 6.31. The molecule has 1 N–H and O–H groups in total. The van der Waals surface area contributed by atoms with E-state index in [9.17, 15) is 4.79 Å². The van der Waals surface area contributed by atoms with Crippen LogP contribution in [-0.4, -0.2) is 36.9 Å². The molecule has 0 aliphatic carbocycles. The Hall–Kier alpha value is -2.21. The number of hydrogen-bond acceptors (Lipinski definition) is 6. The molecule has 0 saturated carbocycles. The van der Waals surface area contributed by atoms with Crippen molar-refractivity contribution in [2.75, 3.05) is 20.0 Å². The highest BCUT2D eigenvalue weighted by atomic mass is 32.2. The summed E-state index contributed by atoms with van der Waals surface area (Å²) >= 11 is 1.60. The van der Waals surface area contributed by atoms with Crippen LogP contribution in [0.3, 0.4) is 0 Å². The van der Waals surface area contributed by atoms with Crippen LogP contribution in [0.5, 0.6) is 5.75 Å². The average Bonchev–Trinajstić information content (AvgIpc) is 2.63. The first kappa shape index (κ1) is 18.1. The number of thioether (sulfide) groups is 1. The summed E-state index contributed by atoms with van der Waals surface area (Å²) in [4.78, 5) is 12.2. The molecule has 0 aliphatic rings. The number of oxime groups is 1. The van der Waals surface area contributed by atoms with Gasteiger partial charge in [-0.1, -0.05) is 17.3 Å². The molecule has 0 fully saturated rings. The molecular formula is C18H21NO4S. The first-order valence-electron chi connectivity index (χ1n) is 7.63. The van der Waals surface area contributed by atoms with Crippen LogP contribution in [0, 0.1) is 0 Å².